The van der Waals surface area contributed by atoms with Crippen LogP contribution in [0.2, 0.25) is 0 Å². The number of likely N-dealkylation sites (tertiary alicyclic amines) is 1. The Morgan fingerprint density at radius 3 is 1.64 bits per heavy atom. The highest BCUT2D eigenvalue weighted by Gasteiger charge is 2.53. The molecule has 2 nitrogen and oxygen atoms in total. The fourth-order valence-electron chi connectivity index (χ4n) is 3.13. The standard InChI is InChI=1S/C12H25NO/c1-9-10(2)12(5,6)13(7-8-14)11(9,3)4/h9-10,14H,7-8H2,1-6H3. The quantitative estimate of drug-likeness (QED) is 0.736. The van der Waals surface area contributed by atoms with Crippen LogP contribution in [0.1, 0.15) is 41.5 Å². The zero-order chi connectivity index (χ0) is 11.1. The molecule has 1 N–H and O–H groups in total. The molecule has 2 atom stereocenters. The van der Waals surface area contributed by atoms with Crippen molar-refractivity contribution in [3.05, 3.63) is 0 Å². The number of hydrogen-bond acceptors (Lipinski definition) is 2. The third-order valence-corrected chi connectivity index (χ3v) is 4.69. The summed E-state index contributed by atoms with van der Waals surface area (Å²) in [5.74, 6) is 1.34. The maximum absolute atomic E-state index is 9.12. The molecule has 2 heteroatoms. The molecule has 1 aliphatic rings. The molecule has 0 amide bonds. The average Bonchev–Trinajstić information content (AvgIpc) is 2.19. The minimum Gasteiger partial charge on any atom is -0.395 e. The van der Waals surface area contributed by atoms with Crippen LogP contribution in [0.3, 0.4) is 0 Å². The van der Waals surface area contributed by atoms with E-state index in [1.807, 2.05) is 0 Å². The van der Waals surface area contributed by atoms with Crippen molar-refractivity contribution in [3.8, 4) is 0 Å². The van der Waals surface area contributed by atoms with E-state index in [9.17, 15) is 0 Å². The van der Waals surface area contributed by atoms with Crippen LogP contribution in [0.5, 0.6) is 0 Å². The van der Waals surface area contributed by atoms with Crippen molar-refractivity contribution in [1.82, 2.24) is 4.90 Å². The van der Waals surface area contributed by atoms with E-state index in [2.05, 4.69) is 46.4 Å². The summed E-state index contributed by atoms with van der Waals surface area (Å²) >= 11 is 0. The number of hydrogen-bond donors (Lipinski definition) is 1. The molecule has 1 aliphatic heterocycles. The molecule has 0 spiro atoms. The summed E-state index contributed by atoms with van der Waals surface area (Å²) in [4.78, 5) is 2.45. The summed E-state index contributed by atoms with van der Waals surface area (Å²) < 4.78 is 0. The van der Waals surface area contributed by atoms with Gasteiger partial charge in [-0.25, -0.2) is 0 Å². The smallest absolute Gasteiger partial charge is 0.0558 e. The Hall–Kier alpha value is -0.0800. The molecule has 0 bridgehead atoms. The second kappa shape index (κ2) is 3.49. The summed E-state index contributed by atoms with van der Waals surface area (Å²) in [5, 5.41) is 9.12. The predicted molar refractivity (Wildman–Crippen MR) is 60.3 cm³/mol. The average molecular weight is 199 g/mol. The number of rotatable bonds is 2. The van der Waals surface area contributed by atoms with Crippen molar-refractivity contribution in [2.45, 2.75) is 52.6 Å². The molecule has 0 aliphatic carbocycles. The van der Waals surface area contributed by atoms with Gasteiger partial charge in [-0.1, -0.05) is 13.8 Å². The molecule has 1 rings (SSSR count). The Balaban J connectivity index is 3.00. The van der Waals surface area contributed by atoms with Crippen LogP contribution in [0.25, 0.3) is 0 Å². The highest BCUT2D eigenvalue weighted by molar-refractivity contribution is 5.07. The third kappa shape index (κ3) is 1.49. The Kier molecular flexibility index (Phi) is 2.99. The molecule has 0 aromatic rings. The van der Waals surface area contributed by atoms with E-state index in [4.69, 9.17) is 5.11 Å². The van der Waals surface area contributed by atoms with Gasteiger partial charge in [-0.2, -0.15) is 0 Å². The molecule has 0 aromatic heterocycles. The van der Waals surface area contributed by atoms with Crippen LogP contribution in [-0.4, -0.2) is 34.2 Å². The van der Waals surface area contributed by atoms with Crippen molar-refractivity contribution in [2.75, 3.05) is 13.2 Å². The lowest BCUT2D eigenvalue weighted by molar-refractivity contribution is 0.0442. The topological polar surface area (TPSA) is 23.5 Å². The van der Waals surface area contributed by atoms with Crippen LogP contribution < -0.4 is 0 Å². The fraction of sp³-hybridized carbons (Fsp3) is 1.00. The van der Waals surface area contributed by atoms with Crippen LogP contribution in [0, 0.1) is 11.8 Å². The number of aliphatic hydroxyl groups is 1. The summed E-state index contributed by atoms with van der Waals surface area (Å²) in [7, 11) is 0. The first-order chi connectivity index (χ1) is 6.26. The molecular weight excluding hydrogens is 174 g/mol. The number of β-amino-alcohol motifs (C(OH)–C–C–N with tert-alkyl or cyclic N) is 1. The minimum atomic E-state index is 0.200. The van der Waals surface area contributed by atoms with E-state index >= 15 is 0 Å². The van der Waals surface area contributed by atoms with Gasteiger partial charge in [0.1, 0.15) is 0 Å². The third-order valence-electron chi connectivity index (χ3n) is 4.69. The van der Waals surface area contributed by atoms with Crippen molar-refractivity contribution in [3.63, 3.8) is 0 Å². The second-order valence-corrected chi connectivity index (χ2v) is 5.76. The lowest BCUT2D eigenvalue weighted by Gasteiger charge is -2.41. The Labute approximate surface area is 88.3 Å². The van der Waals surface area contributed by atoms with Crippen molar-refractivity contribution in [2.24, 2.45) is 11.8 Å². The van der Waals surface area contributed by atoms with Crippen LogP contribution in [-0.2, 0) is 0 Å². The maximum Gasteiger partial charge on any atom is 0.0558 e. The minimum absolute atomic E-state index is 0.200. The van der Waals surface area contributed by atoms with Crippen molar-refractivity contribution < 1.29 is 5.11 Å². The van der Waals surface area contributed by atoms with Gasteiger partial charge in [0, 0.05) is 17.6 Å². The van der Waals surface area contributed by atoms with Gasteiger partial charge in [0.25, 0.3) is 0 Å². The molecule has 0 radical (unpaired) electrons. The largest absolute Gasteiger partial charge is 0.395 e. The van der Waals surface area contributed by atoms with Gasteiger partial charge >= 0.3 is 0 Å². The second-order valence-electron chi connectivity index (χ2n) is 5.76. The first-order valence-electron chi connectivity index (χ1n) is 5.65. The lowest BCUT2D eigenvalue weighted by atomic mass is 9.80. The lowest BCUT2D eigenvalue weighted by Crippen LogP contribution is -2.51. The highest BCUT2D eigenvalue weighted by Crippen LogP contribution is 2.48. The number of nitrogens with zero attached hydrogens (tertiary/aromatic N) is 1. The van der Waals surface area contributed by atoms with Gasteiger partial charge in [0.15, 0.2) is 0 Å². The van der Waals surface area contributed by atoms with Crippen LogP contribution in [0.4, 0.5) is 0 Å². The van der Waals surface area contributed by atoms with Gasteiger partial charge in [0.05, 0.1) is 6.61 Å². The molecule has 0 aromatic carbocycles. The SMILES string of the molecule is CC1C(C)C(C)(C)N(CCO)C1(C)C. The zero-order valence-corrected chi connectivity index (χ0v) is 10.5. The van der Waals surface area contributed by atoms with Crippen LogP contribution >= 0.6 is 0 Å². The maximum atomic E-state index is 9.12. The van der Waals surface area contributed by atoms with E-state index in [1.165, 1.54) is 0 Å². The highest BCUT2D eigenvalue weighted by atomic mass is 16.3. The summed E-state index contributed by atoms with van der Waals surface area (Å²) in [6.45, 7) is 14.9. The van der Waals surface area contributed by atoms with Gasteiger partial charge in [-0.05, 0) is 39.5 Å². The molecule has 1 saturated heterocycles. The molecule has 1 fully saturated rings. The summed E-state index contributed by atoms with van der Waals surface area (Å²) in [5.41, 5.74) is 0.400. The Bertz CT molecular complexity index is 190. The van der Waals surface area contributed by atoms with Crippen molar-refractivity contribution in [1.29, 1.82) is 0 Å². The first-order valence-corrected chi connectivity index (χ1v) is 5.65. The first kappa shape index (κ1) is 12.0. The van der Waals surface area contributed by atoms with Crippen molar-refractivity contribution >= 4 is 0 Å². The van der Waals surface area contributed by atoms with E-state index in [-0.39, 0.29) is 17.7 Å². The van der Waals surface area contributed by atoms with Gasteiger partial charge in [-0.3, -0.25) is 4.90 Å². The van der Waals surface area contributed by atoms with Crippen LogP contribution in [0.15, 0.2) is 0 Å². The molecule has 1 heterocycles. The number of aliphatic hydroxyl groups excluding tert-OH is 1. The molecule has 84 valence electrons. The Morgan fingerprint density at radius 1 is 1.00 bits per heavy atom. The molecule has 14 heavy (non-hydrogen) atoms. The molecule has 0 saturated carbocycles. The zero-order valence-electron chi connectivity index (χ0n) is 10.5. The summed E-state index contributed by atoms with van der Waals surface area (Å²) in [6, 6.07) is 0. The summed E-state index contributed by atoms with van der Waals surface area (Å²) in [6.07, 6.45) is 0. The predicted octanol–water partition coefficient (Wildman–Crippen LogP) is 2.12. The van der Waals surface area contributed by atoms with Gasteiger partial charge in [-0.15, -0.1) is 0 Å². The fourth-order valence-corrected chi connectivity index (χ4v) is 3.13. The molecule has 2 unspecified atom stereocenters. The van der Waals surface area contributed by atoms with Gasteiger partial charge in [0.2, 0.25) is 0 Å². The van der Waals surface area contributed by atoms with E-state index in [0.29, 0.717) is 11.8 Å². The Morgan fingerprint density at radius 2 is 1.36 bits per heavy atom. The van der Waals surface area contributed by atoms with E-state index < -0.39 is 0 Å². The molecular formula is C12H25NO. The van der Waals surface area contributed by atoms with Gasteiger partial charge < -0.3 is 5.11 Å². The van der Waals surface area contributed by atoms with E-state index in [1.54, 1.807) is 0 Å². The normalized spacial score (nSPS) is 36.2. The monoisotopic (exact) mass is 199 g/mol. The van der Waals surface area contributed by atoms with E-state index in [0.717, 1.165) is 6.54 Å².